The van der Waals surface area contributed by atoms with Gasteiger partial charge >= 0.3 is 0 Å². The van der Waals surface area contributed by atoms with Gasteiger partial charge in [-0.1, -0.05) is 17.7 Å². The van der Waals surface area contributed by atoms with Crippen LogP contribution in [0.25, 0.3) is 16.6 Å². The topological polar surface area (TPSA) is 108 Å². The van der Waals surface area contributed by atoms with Crippen molar-refractivity contribution in [2.24, 2.45) is 7.05 Å². The van der Waals surface area contributed by atoms with Crippen molar-refractivity contribution in [3.8, 4) is 22.9 Å². The minimum atomic E-state index is -0.569. The lowest BCUT2D eigenvalue weighted by atomic mass is 10.2. The summed E-state index contributed by atoms with van der Waals surface area (Å²) in [6.07, 6.45) is 1.08. The molecule has 0 radical (unpaired) electrons. The number of aliphatic hydroxyl groups is 1. The lowest BCUT2D eigenvalue weighted by Gasteiger charge is -2.12. The van der Waals surface area contributed by atoms with Gasteiger partial charge in [0.1, 0.15) is 29.4 Å². The molecule has 0 saturated carbocycles. The molecule has 2 N–H and O–H groups in total. The number of aromatic nitrogens is 3. The number of fused-ring (bicyclic) bond motifs is 1. The maximum atomic E-state index is 13.2. The van der Waals surface area contributed by atoms with Crippen LogP contribution in [0.5, 0.6) is 17.2 Å². The number of carbonyl (C=O) groups excluding carboxylic acids is 1. The van der Waals surface area contributed by atoms with Gasteiger partial charge in [0, 0.05) is 30.4 Å². The molecule has 5 aromatic rings. The van der Waals surface area contributed by atoms with Crippen LogP contribution in [0, 0.1) is 13.8 Å². The fourth-order valence-corrected chi connectivity index (χ4v) is 4.37. The zero-order chi connectivity index (χ0) is 28.4. The van der Waals surface area contributed by atoms with E-state index in [1.807, 2.05) is 37.3 Å². The van der Waals surface area contributed by atoms with Crippen LogP contribution in [0.4, 0.5) is 5.69 Å². The van der Waals surface area contributed by atoms with E-state index in [1.165, 1.54) is 4.68 Å². The van der Waals surface area contributed by atoms with E-state index in [0.717, 1.165) is 10.9 Å². The van der Waals surface area contributed by atoms with Crippen LogP contribution >= 0.6 is 0 Å². The summed E-state index contributed by atoms with van der Waals surface area (Å²) in [5.74, 6) is 1.31. The Labute approximate surface area is 231 Å². The van der Waals surface area contributed by atoms with Gasteiger partial charge in [-0.25, -0.2) is 4.68 Å². The number of pyridine rings is 1. The Kier molecular flexibility index (Phi) is 7.39. The Morgan fingerprint density at radius 1 is 1.00 bits per heavy atom. The van der Waals surface area contributed by atoms with Gasteiger partial charge in [0.2, 0.25) is 0 Å². The Balaban J connectivity index is 1.32. The third kappa shape index (κ3) is 5.45. The predicted molar refractivity (Wildman–Crippen MR) is 154 cm³/mol. The summed E-state index contributed by atoms with van der Waals surface area (Å²) in [4.78, 5) is 30.7. The number of carbonyl (C=O) groups is 1. The Morgan fingerprint density at radius 3 is 2.40 bits per heavy atom. The van der Waals surface area contributed by atoms with Crippen molar-refractivity contribution in [2.45, 2.75) is 26.9 Å². The number of hydrogen-bond acceptors (Lipinski definition) is 6. The summed E-state index contributed by atoms with van der Waals surface area (Å²) in [5, 5.41) is 13.1. The monoisotopic (exact) mass is 538 g/mol. The van der Waals surface area contributed by atoms with E-state index >= 15 is 0 Å². The van der Waals surface area contributed by atoms with Crippen molar-refractivity contribution in [1.29, 1.82) is 0 Å². The lowest BCUT2D eigenvalue weighted by Crippen LogP contribution is -2.25. The highest BCUT2D eigenvalue weighted by Crippen LogP contribution is 2.31. The molecule has 0 aliphatic rings. The zero-order valence-electron chi connectivity index (χ0n) is 22.7. The second-order valence-electron chi connectivity index (χ2n) is 9.67. The number of aryl methyl sites for hydroxylation is 1. The molecule has 2 heterocycles. The first-order valence-corrected chi connectivity index (χ1v) is 12.9. The fraction of sp³-hybridized carbons (Fsp3) is 0.194. The first-order chi connectivity index (χ1) is 19.2. The van der Waals surface area contributed by atoms with E-state index in [0.29, 0.717) is 39.8 Å². The van der Waals surface area contributed by atoms with Crippen molar-refractivity contribution in [2.75, 3.05) is 11.9 Å². The molecule has 0 saturated heterocycles. The Morgan fingerprint density at radius 2 is 1.70 bits per heavy atom. The highest BCUT2D eigenvalue weighted by molar-refractivity contribution is 6.05. The molecule has 9 heteroatoms. The molecule has 3 aromatic carbocycles. The van der Waals surface area contributed by atoms with E-state index < -0.39 is 12.0 Å². The summed E-state index contributed by atoms with van der Waals surface area (Å²) in [5.41, 5.74) is 3.26. The largest absolute Gasteiger partial charge is 0.491 e. The summed E-state index contributed by atoms with van der Waals surface area (Å²) < 4.78 is 14.8. The molecule has 1 atom stereocenters. The Hall–Kier alpha value is -4.89. The normalized spacial score (nSPS) is 11.8. The molecule has 0 spiro atoms. The SMILES string of the molecule is Cc1ccc(-n2c(=O)c(C(=O)Nc3ccc(Oc4ccnc5cc(OC[C@@H](C)O)ccc45)cc3)c(C)n2C)cc1. The molecule has 0 unspecified atom stereocenters. The fourth-order valence-electron chi connectivity index (χ4n) is 4.37. The minimum absolute atomic E-state index is 0.0865. The summed E-state index contributed by atoms with van der Waals surface area (Å²) in [7, 11) is 1.76. The van der Waals surface area contributed by atoms with Crippen molar-refractivity contribution >= 4 is 22.5 Å². The number of rotatable bonds is 8. The van der Waals surface area contributed by atoms with Crippen LogP contribution in [0.1, 0.15) is 28.5 Å². The van der Waals surface area contributed by atoms with Gasteiger partial charge in [-0.2, -0.15) is 0 Å². The minimum Gasteiger partial charge on any atom is -0.491 e. The highest BCUT2D eigenvalue weighted by atomic mass is 16.5. The molecule has 1 amide bonds. The van der Waals surface area contributed by atoms with Crippen LogP contribution in [-0.2, 0) is 7.05 Å². The quantitative estimate of drug-likeness (QED) is 0.283. The zero-order valence-corrected chi connectivity index (χ0v) is 22.7. The maximum absolute atomic E-state index is 13.2. The van der Waals surface area contributed by atoms with Gasteiger partial charge in [0.15, 0.2) is 0 Å². The summed E-state index contributed by atoms with van der Waals surface area (Å²) in [6.45, 7) is 5.58. The second kappa shape index (κ2) is 11.1. The van der Waals surface area contributed by atoms with Crippen molar-refractivity contribution in [3.63, 3.8) is 0 Å². The van der Waals surface area contributed by atoms with E-state index in [-0.39, 0.29) is 17.7 Å². The number of anilines is 1. The van der Waals surface area contributed by atoms with Crippen LogP contribution in [0.3, 0.4) is 0 Å². The van der Waals surface area contributed by atoms with E-state index in [1.54, 1.807) is 74.2 Å². The molecule has 40 heavy (non-hydrogen) atoms. The number of ether oxygens (including phenoxy) is 2. The Bertz CT molecular complexity index is 1740. The van der Waals surface area contributed by atoms with Crippen molar-refractivity contribution < 1.29 is 19.4 Å². The maximum Gasteiger partial charge on any atom is 0.284 e. The van der Waals surface area contributed by atoms with Crippen LogP contribution in [0.2, 0.25) is 0 Å². The highest BCUT2D eigenvalue weighted by Gasteiger charge is 2.22. The molecular formula is C31H30N4O5. The van der Waals surface area contributed by atoms with Gasteiger partial charge in [-0.05, 0) is 75.4 Å². The van der Waals surface area contributed by atoms with Gasteiger partial charge in [0.25, 0.3) is 11.5 Å². The van der Waals surface area contributed by atoms with Gasteiger partial charge in [0.05, 0.1) is 23.0 Å². The summed E-state index contributed by atoms with van der Waals surface area (Å²) in [6, 6.07) is 21.7. The number of amides is 1. The molecule has 0 aliphatic heterocycles. The number of benzene rings is 3. The van der Waals surface area contributed by atoms with Crippen molar-refractivity contribution in [3.05, 3.63) is 106 Å². The number of nitrogens with one attached hydrogen (secondary N) is 1. The first-order valence-electron chi connectivity index (χ1n) is 12.9. The van der Waals surface area contributed by atoms with E-state index in [4.69, 9.17) is 9.47 Å². The molecule has 5 rings (SSSR count). The van der Waals surface area contributed by atoms with Crippen LogP contribution in [-0.4, -0.2) is 38.1 Å². The molecular weight excluding hydrogens is 508 g/mol. The molecule has 204 valence electrons. The number of aliphatic hydroxyl groups excluding tert-OH is 1. The van der Waals surface area contributed by atoms with E-state index in [2.05, 4.69) is 10.3 Å². The molecule has 0 aliphatic carbocycles. The summed E-state index contributed by atoms with van der Waals surface area (Å²) >= 11 is 0. The number of hydrogen-bond donors (Lipinski definition) is 2. The standard InChI is InChI=1S/C31H30N4O5/c1-19-5-9-23(10-6-19)35-31(38)29(21(3)34(35)4)30(37)33-22-7-11-24(12-8-22)40-28-15-16-32-27-17-25(13-14-26(27)28)39-18-20(2)36/h5-17,20,36H,18H2,1-4H3,(H,33,37)/t20-/m1/s1. The first kappa shape index (κ1) is 26.7. The molecule has 0 fully saturated rings. The average Bonchev–Trinajstić information content (AvgIpc) is 3.16. The lowest BCUT2D eigenvalue weighted by molar-refractivity contribution is 0.102. The van der Waals surface area contributed by atoms with E-state index in [9.17, 15) is 14.7 Å². The number of nitrogens with zero attached hydrogens (tertiary/aromatic N) is 3. The van der Waals surface area contributed by atoms with Gasteiger partial charge in [-0.3, -0.25) is 19.3 Å². The van der Waals surface area contributed by atoms with Crippen LogP contribution < -0.4 is 20.3 Å². The average molecular weight is 539 g/mol. The smallest absolute Gasteiger partial charge is 0.284 e. The molecule has 9 nitrogen and oxygen atoms in total. The third-order valence-corrected chi connectivity index (χ3v) is 6.56. The van der Waals surface area contributed by atoms with Gasteiger partial charge < -0.3 is 19.9 Å². The third-order valence-electron chi connectivity index (χ3n) is 6.56. The molecule has 2 aromatic heterocycles. The van der Waals surface area contributed by atoms with Gasteiger partial charge in [-0.15, -0.1) is 0 Å². The van der Waals surface area contributed by atoms with Crippen LogP contribution in [0.15, 0.2) is 83.8 Å². The predicted octanol–water partition coefficient (Wildman–Crippen LogP) is 5.15. The second-order valence-corrected chi connectivity index (χ2v) is 9.67. The molecule has 0 bridgehead atoms. The van der Waals surface area contributed by atoms with Crippen molar-refractivity contribution in [1.82, 2.24) is 14.3 Å².